The predicted octanol–water partition coefficient (Wildman–Crippen LogP) is 2.44. The van der Waals surface area contributed by atoms with E-state index in [0.29, 0.717) is 17.7 Å². The molecular formula is C14H23NO3S. The molecule has 19 heavy (non-hydrogen) atoms. The molecule has 108 valence electrons. The third-order valence-corrected chi connectivity index (χ3v) is 4.96. The van der Waals surface area contributed by atoms with Gasteiger partial charge in [-0.15, -0.1) is 0 Å². The van der Waals surface area contributed by atoms with Gasteiger partial charge in [-0.2, -0.15) is 0 Å². The van der Waals surface area contributed by atoms with E-state index in [9.17, 15) is 8.42 Å². The zero-order valence-electron chi connectivity index (χ0n) is 11.6. The summed E-state index contributed by atoms with van der Waals surface area (Å²) in [5.41, 5.74) is 0.885. The molecule has 0 aliphatic carbocycles. The van der Waals surface area contributed by atoms with Gasteiger partial charge in [-0.05, 0) is 43.5 Å². The minimum atomic E-state index is -3.14. The fourth-order valence-electron chi connectivity index (χ4n) is 1.91. The Kier molecular flexibility index (Phi) is 6.31. The number of sulfone groups is 1. The molecule has 4 nitrogen and oxygen atoms in total. The highest BCUT2D eigenvalue weighted by atomic mass is 32.2. The smallest absolute Gasteiger partial charge is 0.178 e. The molecule has 1 aromatic carbocycles. The minimum Gasteiger partial charge on any atom is -0.396 e. The van der Waals surface area contributed by atoms with Crippen LogP contribution in [-0.2, 0) is 9.84 Å². The van der Waals surface area contributed by atoms with E-state index in [4.69, 9.17) is 5.11 Å². The maximum atomic E-state index is 11.9. The lowest BCUT2D eigenvalue weighted by Gasteiger charge is -2.17. The van der Waals surface area contributed by atoms with Crippen molar-refractivity contribution >= 4 is 15.5 Å². The van der Waals surface area contributed by atoms with Crippen LogP contribution in [0.3, 0.4) is 0 Å². The molecule has 0 heterocycles. The highest BCUT2D eigenvalue weighted by molar-refractivity contribution is 7.91. The molecule has 0 saturated carbocycles. The molecule has 0 saturated heterocycles. The molecule has 0 aromatic heterocycles. The first-order valence-electron chi connectivity index (χ1n) is 6.73. The predicted molar refractivity (Wildman–Crippen MR) is 78.2 cm³/mol. The number of rotatable bonds is 8. The fourth-order valence-corrected chi connectivity index (χ4v) is 3.24. The summed E-state index contributed by atoms with van der Waals surface area (Å²) >= 11 is 0. The highest BCUT2D eigenvalue weighted by Gasteiger charge is 2.13. The zero-order valence-corrected chi connectivity index (χ0v) is 12.4. The maximum absolute atomic E-state index is 11.9. The number of aliphatic hydroxyl groups excluding tert-OH is 1. The van der Waals surface area contributed by atoms with Crippen LogP contribution in [0.15, 0.2) is 29.2 Å². The summed E-state index contributed by atoms with van der Waals surface area (Å²) in [4.78, 5) is 0.370. The highest BCUT2D eigenvalue weighted by Crippen LogP contribution is 2.17. The molecule has 0 aliphatic heterocycles. The molecule has 1 aromatic rings. The molecule has 1 atom stereocenters. The van der Waals surface area contributed by atoms with Crippen molar-refractivity contribution < 1.29 is 13.5 Å². The van der Waals surface area contributed by atoms with Crippen molar-refractivity contribution in [1.29, 1.82) is 0 Å². The van der Waals surface area contributed by atoms with E-state index in [-0.39, 0.29) is 18.4 Å². The van der Waals surface area contributed by atoms with Crippen molar-refractivity contribution in [3.05, 3.63) is 24.3 Å². The van der Waals surface area contributed by atoms with Gasteiger partial charge in [0.2, 0.25) is 0 Å². The lowest BCUT2D eigenvalue weighted by Crippen LogP contribution is -2.19. The van der Waals surface area contributed by atoms with E-state index in [1.807, 2.05) is 13.8 Å². The van der Waals surface area contributed by atoms with Crippen molar-refractivity contribution in [2.24, 2.45) is 0 Å². The molecular weight excluding hydrogens is 262 g/mol. The third kappa shape index (κ3) is 4.84. The van der Waals surface area contributed by atoms with E-state index >= 15 is 0 Å². The van der Waals surface area contributed by atoms with Crippen LogP contribution in [0.25, 0.3) is 0 Å². The molecule has 0 fully saturated rings. The fraction of sp³-hybridized carbons (Fsp3) is 0.571. The molecule has 2 N–H and O–H groups in total. The van der Waals surface area contributed by atoms with E-state index in [0.717, 1.165) is 12.1 Å². The Hall–Kier alpha value is -1.07. The Balaban J connectivity index is 2.76. The first-order chi connectivity index (χ1) is 9.03. The Bertz CT molecular complexity index is 468. The number of nitrogens with one attached hydrogen (secondary N) is 1. The molecule has 0 aliphatic rings. The van der Waals surface area contributed by atoms with Gasteiger partial charge in [0.25, 0.3) is 0 Å². The first-order valence-corrected chi connectivity index (χ1v) is 8.39. The summed E-state index contributed by atoms with van der Waals surface area (Å²) in [6, 6.07) is 7.05. The maximum Gasteiger partial charge on any atom is 0.178 e. The number of hydrogen-bond donors (Lipinski definition) is 2. The molecule has 5 heteroatoms. The average Bonchev–Trinajstić information content (AvgIpc) is 2.39. The van der Waals surface area contributed by atoms with Gasteiger partial charge >= 0.3 is 0 Å². The Morgan fingerprint density at radius 1 is 1.21 bits per heavy atom. The quantitative estimate of drug-likeness (QED) is 0.770. The Morgan fingerprint density at radius 3 is 2.32 bits per heavy atom. The van der Waals surface area contributed by atoms with Crippen LogP contribution >= 0.6 is 0 Å². The van der Waals surface area contributed by atoms with Gasteiger partial charge in [0.1, 0.15) is 0 Å². The lowest BCUT2D eigenvalue weighted by molar-refractivity contribution is 0.278. The minimum absolute atomic E-state index is 0.147. The topological polar surface area (TPSA) is 66.4 Å². The summed E-state index contributed by atoms with van der Waals surface area (Å²) < 4.78 is 23.7. The molecule has 0 amide bonds. The van der Waals surface area contributed by atoms with Gasteiger partial charge in [0.15, 0.2) is 9.84 Å². The van der Waals surface area contributed by atoms with Crippen LogP contribution in [0.5, 0.6) is 0 Å². The van der Waals surface area contributed by atoms with Gasteiger partial charge < -0.3 is 10.4 Å². The molecule has 0 spiro atoms. The Labute approximate surface area is 115 Å². The SMILES string of the molecule is CCCS(=O)(=O)c1ccc(NC(CC)CCO)cc1. The van der Waals surface area contributed by atoms with Crippen molar-refractivity contribution in [3.63, 3.8) is 0 Å². The van der Waals surface area contributed by atoms with Gasteiger partial charge in [-0.1, -0.05) is 13.8 Å². The van der Waals surface area contributed by atoms with Crippen molar-refractivity contribution in [2.45, 2.75) is 44.0 Å². The number of hydrogen-bond acceptors (Lipinski definition) is 4. The van der Waals surface area contributed by atoms with Crippen LogP contribution < -0.4 is 5.32 Å². The Morgan fingerprint density at radius 2 is 1.84 bits per heavy atom. The molecule has 0 radical (unpaired) electrons. The first kappa shape index (κ1) is 16.0. The normalized spacial score (nSPS) is 13.2. The second-order valence-corrected chi connectivity index (χ2v) is 6.71. The molecule has 0 bridgehead atoms. The zero-order chi connectivity index (χ0) is 14.3. The average molecular weight is 285 g/mol. The number of aliphatic hydroxyl groups is 1. The monoisotopic (exact) mass is 285 g/mol. The second-order valence-electron chi connectivity index (χ2n) is 4.61. The summed E-state index contributed by atoms with van der Waals surface area (Å²) in [6.45, 7) is 4.05. The van der Waals surface area contributed by atoms with E-state index in [2.05, 4.69) is 5.32 Å². The molecule has 1 unspecified atom stereocenters. The summed E-state index contributed by atoms with van der Waals surface area (Å²) in [5, 5.41) is 12.2. The van der Waals surface area contributed by atoms with Gasteiger partial charge in [-0.25, -0.2) is 8.42 Å². The van der Waals surface area contributed by atoms with Crippen LogP contribution in [0, 0.1) is 0 Å². The van der Waals surface area contributed by atoms with E-state index < -0.39 is 9.84 Å². The third-order valence-electron chi connectivity index (χ3n) is 3.03. The summed E-state index contributed by atoms with van der Waals surface area (Å²) in [6.07, 6.45) is 2.22. The number of anilines is 1. The van der Waals surface area contributed by atoms with Crippen LogP contribution in [0.4, 0.5) is 5.69 Å². The standard InChI is InChI=1S/C14H23NO3S/c1-3-11-19(17,18)14-7-5-13(6-8-14)15-12(4-2)9-10-16/h5-8,12,15-16H,3-4,9-11H2,1-2H3. The van der Waals surface area contributed by atoms with Crippen LogP contribution in [0.2, 0.25) is 0 Å². The largest absolute Gasteiger partial charge is 0.396 e. The van der Waals surface area contributed by atoms with E-state index in [1.165, 1.54) is 0 Å². The van der Waals surface area contributed by atoms with Crippen LogP contribution in [-0.4, -0.2) is 31.9 Å². The lowest BCUT2D eigenvalue weighted by atomic mass is 10.1. The second kappa shape index (κ2) is 7.50. The van der Waals surface area contributed by atoms with Crippen molar-refractivity contribution in [3.8, 4) is 0 Å². The molecule has 1 rings (SSSR count). The van der Waals surface area contributed by atoms with Gasteiger partial charge in [0.05, 0.1) is 10.6 Å². The van der Waals surface area contributed by atoms with E-state index in [1.54, 1.807) is 24.3 Å². The van der Waals surface area contributed by atoms with Gasteiger partial charge in [-0.3, -0.25) is 0 Å². The van der Waals surface area contributed by atoms with Crippen LogP contribution in [0.1, 0.15) is 33.1 Å². The number of benzene rings is 1. The summed E-state index contributed by atoms with van der Waals surface area (Å²) in [5.74, 6) is 0.182. The van der Waals surface area contributed by atoms with Crippen molar-refractivity contribution in [2.75, 3.05) is 17.7 Å². The van der Waals surface area contributed by atoms with Gasteiger partial charge in [0, 0.05) is 18.3 Å². The van der Waals surface area contributed by atoms with Crippen molar-refractivity contribution in [1.82, 2.24) is 0 Å². The summed E-state index contributed by atoms with van der Waals surface area (Å²) in [7, 11) is -3.14.